The van der Waals surface area contributed by atoms with Crippen LogP contribution in [0.4, 0.5) is 0 Å². The Morgan fingerprint density at radius 3 is 2.86 bits per heavy atom. The SMILES string of the molecule is O=C(NCC1(O)CCSCC1)c1ccnc2ccccc12. The second kappa shape index (κ2) is 6.03. The molecule has 4 nitrogen and oxygen atoms in total. The van der Waals surface area contributed by atoms with Gasteiger partial charge in [0, 0.05) is 18.1 Å². The van der Waals surface area contributed by atoms with Gasteiger partial charge in [0.05, 0.1) is 16.7 Å². The molecule has 110 valence electrons. The van der Waals surface area contributed by atoms with Crippen LogP contribution < -0.4 is 5.32 Å². The lowest BCUT2D eigenvalue weighted by atomic mass is 9.96. The molecule has 1 aromatic carbocycles. The van der Waals surface area contributed by atoms with E-state index < -0.39 is 5.60 Å². The molecule has 1 fully saturated rings. The van der Waals surface area contributed by atoms with Crippen molar-refractivity contribution in [3.8, 4) is 0 Å². The van der Waals surface area contributed by atoms with Gasteiger partial charge >= 0.3 is 0 Å². The number of thioether (sulfide) groups is 1. The fourth-order valence-electron chi connectivity index (χ4n) is 2.56. The van der Waals surface area contributed by atoms with Crippen LogP contribution in [0, 0.1) is 0 Å². The maximum Gasteiger partial charge on any atom is 0.252 e. The lowest BCUT2D eigenvalue weighted by molar-refractivity contribution is 0.0311. The van der Waals surface area contributed by atoms with Crippen molar-refractivity contribution >= 4 is 28.6 Å². The highest BCUT2D eigenvalue weighted by Crippen LogP contribution is 2.26. The molecule has 21 heavy (non-hydrogen) atoms. The topological polar surface area (TPSA) is 62.2 Å². The summed E-state index contributed by atoms with van der Waals surface area (Å²) in [6, 6.07) is 9.30. The molecule has 0 radical (unpaired) electrons. The highest BCUT2D eigenvalue weighted by atomic mass is 32.2. The van der Waals surface area contributed by atoms with E-state index in [4.69, 9.17) is 0 Å². The van der Waals surface area contributed by atoms with Crippen LogP contribution in [-0.4, -0.2) is 39.6 Å². The number of rotatable bonds is 3. The van der Waals surface area contributed by atoms with Gasteiger partial charge in [0.15, 0.2) is 0 Å². The fourth-order valence-corrected chi connectivity index (χ4v) is 3.81. The van der Waals surface area contributed by atoms with Gasteiger partial charge in [-0.2, -0.15) is 11.8 Å². The molecule has 0 bridgehead atoms. The van der Waals surface area contributed by atoms with Gasteiger partial charge in [-0.1, -0.05) is 18.2 Å². The van der Waals surface area contributed by atoms with Gasteiger partial charge in [0.25, 0.3) is 5.91 Å². The molecule has 0 aliphatic carbocycles. The number of benzene rings is 1. The summed E-state index contributed by atoms with van der Waals surface area (Å²) in [5.74, 6) is 1.75. The number of aromatic nitrogens is 1. The molecule has 1 amide bonds. The van der Waals surface area contributed by atoms with Gasteiger partial charge < -0.3 is 10.4 Å². The maximum atomic E-state index is 12.4. The van der Waals surface area contributed by atoms with E-state index in [-0.39, 0.29) is 5.91 Å². The molecule has 1 aliphatic rings. The molecule has 1 saturated heterocycles. The number of hydrogen-bond acceptors (Lipinski definition) is 4. The predicted octanol–water partition coefficient (Wildman–Crippen LogP) is 2.22. The van der Waals surface area contributed by atoms with Crippen LogP contribution in [-0.2, 0) is 0 Å². The number of carbonyl (C=O) groups is 1. The zero-order chi connectivity index (χ0) is 14.7. The number of aliphatic hydroxyl groups is 1. The van der Waals surface area contributed by atoms with Crippen LogP contribution in [0.1, 0.15) is 23.2 Å². The minimum absolute atomic E-state index is 0.153. The second-order valence-electron chi connectivity index (χ2n) is 5.40. The number of nitrogens with one attached hydrogen (secondary N) is 1. The number of amides is 1. The van der Waals surface area contributed by atoms with E-state index >= 15 is 0 Å². The standard InChI is InChI=1S/C16H18N2O2S/c19-15(18-11-16(20)6-9-21-10-7-16)13-5-8-17-14-4-2-1-3-12(13)14/h1-5,8,20H,6-7,9-11H2,(H,18,19). The normalized spacial score (nSPS) is 17.6. The number of carbonyl (C=O) groups excluding carboxylic acids is 1. The van der Waals surface area contributed by atoms with Crippen molar-refractivity contribution in [2.45, 2.75) is 18.4 Å². The molecular weight excluding hydrogens is 284 g/mol. The van der Waals surface area contributed by atoms with Gasteiger partial charge in [0.1, 0.15) is 0 Å². The van der Waals surface area contributed by atoms with E-state index in [0.29, 0.717) is 12.1 Å². The lowest BCUT2D eigenvalue weighted by Crippen LogP contribution is -2.45. The molecule has 2 aromatic rings. The second-order valence-corrected chi connectivity index (χ2v) is 6.62. The number of hydrogen-bond donors (Lipinski definition) is 2. The van der Waals surface area contributed by atoms with Crippen molar-refractivity contribution in [1.82, 2.24) is 10.3 Å². The first-order valence-electron chi connectivity index (χ1n) is 7.10. The Balaban J connectivity index is 1.75. The van der Waals surface area contributed by atoms with Crippen LogP contribution in [0.5, 0.6) is 0 Å². The molecule has 0 unspecified atom stereocenters. The minimum atomic E-state index is -0.760. The molecule has 1 aliphatic heterocycles. The van der Waals surface area contributed by atoms with E-state index in [1.54, 1.807) is 12.3 Å². The Morgan fingerprint density at radius 1 is 1.29 bits per heavy atom. The molecule has 0 atom stereocenters. The van der Waals surface area contributed by atoms with Crippen LogP contribution in [0.15, 0.2) is 36.5 Å². The lowest BCUT2D eigenvalue weighted by Gasteiger charge is -2.31. The third-order valence-corrected chi connectivity index (χ3v) is 4.88. The maximum absolute atomic E-state index is 12.4. The Morgan fingerprint density at radius 2 is 2.05 bits per heavy atom. The minimum Gasteiger partial charge on any atom is -0.388 e. The van der Waals surface area contributed by atoms with E-state index in [1.165, 1.54) is 0 Å². The monoisotopic (exact) mass is 302 g/mol. The van der Waals surface area contributed by atoms with Gasteiger partial charge in [-0.05, 0) is 36.5 Å². The van der Waals surface area contributed by atoms with Gasteiger partial charge in [-0.3, -0.25) is 9.78 Å². The molecule has 2 heterocycles. The highest BCUT2D eigenvalue weighted by molar-refractivity contribution is 7.99. The summed E-state index contributed by atoms with van der Waals surface area (Å²) >= 11 is 1.85. The van der Waals surface area contributed by atoms with Gasteiger partial charge in [-0.25, -0.2) is 0 Å². The van der Waals surface area contributed by atoms with Crippen LogP contribution in [0.3, 0.4) is 0 Å². The van der Waals surface area contributed by atoms with Crippen molar-refractivity contribution in [2.75, 3.05) is 18.1 Å². The number of nitrogens with zero attached hydrogens (tertiary/aromatic N) is 1. The summed E-state index contributed by atoms with van der Waals surface area (Å²) in [4.78, 5) is 16.6. The van der Waals surface area contributed by atoms with Gasteiger partial charge in [0.2, 0.25) is 0 Å². The molecule has 0 saturated carbocycles. The largest absolute Gasteiger partial charge is 0.388 e. The van der Waals surface area contributed by atoms with Crippen molar-refractivity contribution in [3.63, 3.8) is 0 Å². The number of para-hydroxylation sites is 1. The fraction of sp³-hybridized carbons (Fsp3) is 0.375. The first-order chi connectivity index (χ1) is 10.2. The van der Waals surface area contributed by atoms with Crippen molar-refractivity contribution < 1.29 is 9.90 Å². The molecule has 5 heteroatoms. The summed E-state index contributed by atoms with van der Waals surface area (Å²) in [5, 5.41) is 14.2. The van der Waals surface area contributed by atoms with E-state index in [9.17, 15) is 9.90 Å². The van der Waals surface area contributed by atoms with Crippen molar-refractivity contribution in [2.24, 2.45) is 0 Å². The zero-order valence-electron chi connectivity index (χ0n) is 11.7. The Hall–Kier alpha value is -1.59. The Labute approximate surface area is 128 Å². The van der Waals surface area contributed by atoms with Crippen molar-refractivity contribution in [1.29, 1.82) is 0 Å². The molecular formula is C16H18N2O2S. The van der Waals surface area contributed by atoms with Crippen LogP contribution >= 0.6 is 11.8 Å². The van der Waals surface area contributed by atoms with E-state index in [2.05, 4.69) is 10.3 Å². The first-order valence-corrected chi connectivity index (χ1v) is 8.26. The van der Waals surface area contributed by atoms with E-state index in [1.807, 2.05) is 36.0 Å². The first kappa shape index (κ1) is 14.4. The molecule has 1 aromatic heterocycles. The summed E-state index contributed by atoms with van der Waals surface area (Å²) in [6.07, 6.45) is 3.10. The Bertz CT molecular complexity index is 648. The third kappa shape index (κ3) is 3.19. The number of pyridine rings is 1. The summed E-state index contributed by atoms with van der Waals surface area (Å²) in [5.41, 5.74) is 0.649. The predicted molar refractivity (Wildman–Crippen MR) is 85.6 cm³/mol. The molecule has 0 spiro atoms. The summed E-state index contributed by atoms with van der Waals surface area (Å²) < 4.78 is 0. The summed E-state index contributed by atoms with van der Waals surface area (Å²) in [6.45, 7) is 0.309. The quantitative estimate of drug-likeness (QED) is 0.912. The van der Waals surface area contributed by atoms with Crippen LogP contribution in [0.2, 0.25) is 0 Å². The zero-order valence-corrected chi connectivity index (χ0v) is 12.5. The van der Waals surface area contributed by atoms with E-state index in [0.717, 1.165) is 35.3 Å². The average molecular weight is 302 g/mol. The summed E-state index contributed by atoms with van der Waals surface area (Å²) in [7, 11) is 0. The Kier molecular flexibility index (Phi) is 4.12. The van der Waals surface area contributed by atoms with Crippen LogP contribution in [0.25, 0.3) is 10.9 Å². The van der Waals surface area contributed by atoms with Gasteiger partial charge in [-0.15, -0.1) is 0 Å². The number of fused-ring (bicyclic) bond motifs is 1. The van der Waals surface area contributed by atoms with Crippen molar-refractivity contribution in [3.05, 3.63) is 42.1 Å². The smallest absolute Gasteiger partial charge is 0.252 e. The highest BCUT2D eigenvalue weighted by Gasteiger charge is 2.30. The molecule has 2 N–H and O–H groups in total. The third-order valence-electron chi connectivity index (χ3n) is 3.90. The average Bonchev–Trinajstić information content (AvgIpc) is 2.53. The molecule has 3 rings (SSSR count).